The number of aliphatic hydroxyl groups is 3. The van der Waals surface area contributed by atoms with Crippen molar-refractivity contribution >= 4 is 5.91 Å². The summed E-state index contributed by atoms with van der Waals surface area (Å²) in [6.07, 6.45) is -4.80. The molecule has 0 aromatic rings. The smallest absolute Gasteiger partial charge is 0.216 e. The molecule has 0 saturated carbocycles. The number of nitrogens with one attached hydrogen (secondary N) is 1. The summed E-state index contributed by atoms with van der Waals surface area (Å²) >= 11 is 0. The van der Waals surface area contributed by atoms with E-state index < -0.39 is 30.5 Å². The van der Waals surface area contributed by atoms with Crippen LogP contribution in [0.3, 0.4) is 0 Å². The second-order valence-electron chi connectivity index (χ2n) is 3.79. The molecule has 1 saturated heterocycles. The van der Waals surface area contributed by atoms with Gasteiger partial charge in [0.1, 0.15) is 24.4 Å². The predicted octanol–water partition coefficient (Wildman–Crippen LogP) is -2.01. The third-order valence-electron chi connectivity index (χ3n) is 2.50. The monoisotopic (exact) mass is 219 g/mol. The number of hydrogen-bond donors (Lipinski definition) is 4. The lowest BCUT2D eigenvalue weighted by atomic mass is 9.95. The quantitative estimate of drug-likeness (QED) is 0.430. The third-order valence-corrected chi connectivity index (χ3v) is 2.50. The van der Waals surface area contributed by atoms with Gasteiger partial charge in [0, 0.05) is 13.5 Å². The number of carbonyl (C=O) groups excluding carboxylic acids is 1. The zero-order valence-electron chi connectivity index (χ0n) is 8.75. The van der Waals surface area contributed by atoms with E-state index >= 15 is 0 Å². The van der Waals surface area contributed by atoms with Crippen molar-refractivity contribution in [2.45, 2.75) is 44.4 Å². The maximum Gasteiger partial charge on any atom is 0.216 e. The highest BCUT2D eigenvalue weighted by molar-refractivity contribution is 5.72. The van der Waals surface area contributed by atoms with Crippen molar-refractivity contribution in [2.75, 3.05) is 6.54 Å². The maximum atomic E-state index is 10.7. The molecule has 0 radical (unpaired) electrons. The SMILES string of the molecule is CC(=O)NCC1O[C@H](C)[C@@H](O)C(O)[C@@H]1O. The van der Waals surface area contributed by atoms with Crippen molar-refractivity contribution in [3.8, 4) is 0 Å². The Bertz CT molecular complexity index is 235. The van der Waals surface area contributed by atoms with Gasteiger partial charge in [0.05, 0.1) is 6.10 Å². The molecule has 1 rings (SSSR count). The van der Waals surface area contributed by atoms with E-state index in [9.17, 15) is 20.1 Å². The first-order chi connectivity index (χ1) is 6.93. The van der Waals surface area contributed by atoms with Gasteiger partial charge in [0.15, 0.2) is 0 Å². The lowest BCUT2D eigenvalue weighted by molar-refractivity contribution is -0.215. The second-order valence-corrected chi connectivity index (χ2v) is 3.79. The zero-order chi connectivity index (χ0) is 11.6. The molecule has 6 heteroatoms. The Morgan fingerprint density at radius 2 is 1.87 bits per heavy atom. The van der Waals surface area contributed by atoms with Gasteiger partial charge in [0.25, 0.3) is 0 Å². The van der Waals surface area contributed by atoms with Crippen LogP contribution in [-0.4, -0.2) is 58.3 Å². The van der Waals surface area contributed by atoms with Crippen LogP contribution in [0.5, 0.6) is 0 Å². The van der Waals surface area contributed by atoms with Gasteiger partial charge in [-0.05, 0) is 6.92 Å². The van der Waals surface area contributed by atoms with E-state index in [4.69, 9.17) is 4.74 Å². The Kier molecular flexibility index (Phi) is 4.04. The second kappa shape index (κ2) is 4.89. The summed E-state index contributed by atoms with van der Waals surface area (Å²) in [4.78, 5) is 10.7. The Balaban J connectivity index is 2.54. The summed E-state index contributed by atoms with van der Waals surface area (Å²) in [5, 5.41) is 30.9. The third kappa shape index (κ3) is 2.88. The molecule has 1 aliphatic rings. The fraction of sp³-hybridized carbons (Fsp3) is 0.889. The van der Waals surface area contributed by atoms with Gasteiger partial charge < -0.3 is 25.4 Å². The van der Waals surface area contributed by atoms with E-state index in [0.717, 1.165) is 0 Å². The molecule has 0 aliphatic carbocycles. The average Bonchev–Trinajstić information content (AvgIpc) is 2.18. The minimum absolute atomic E-state index is 0.116. The Morgan fingerprint density at radius 3 is 2.40 bits per heavy atom. The van der Waals surface area contributed by atoms with E-state index in [1.54, 1.807) is 6.92 Å². The van der Waals surface area contributed by atoms with Crippen LogP contribution < -0.4 is 5.32 Å². The number of ether oxygens (including phenoxy) is 1. The largest absolute Gasteiger partial charge is 0.388 e. The molecule has 5 atom stereocenters. The number of amides is 1. The van der Waals surface area contributed by atoms with Crippen LogP contribution in [0.4, 0.5) is 0 Å². The van der Waals surface area contributed by atoms with Crippen LogP contribution in [-0.2, 0) is 9.53 Å². The summed E-state index contributed by atoms with van der Waals surface area (Å²) in [6, 6.07) is 0. The molecule has 4 N–H and O–H groups in total. The fourth-order valence-corrected chi connectivity index (χ4v) is 1.55. The maximum absolute atomic E-state index is 10.7. The molecule has 0 aromatic heterocycles. The molecule has 88 valence electrons. The average molecular weight is 219 g/mol. The molecular formula is C9H17NO5. The van der Waals surface area contributed by atoms with E-state index in [2.05, 4.69) is 5.32 Å². The van der Waals surface area contributed by atoms with Crippen LogP contribution >= 0.6 is 0 Å². The zero-order valence-corrected chi connectivity index (χ0v) is 8.75. The lowest BCUT2D eigenvalue weighted by Crippen LogP contribution is -2.59. The fourth-order valence-electron chi connectivity index (χ4n) is 1.55. The highest BCUT2D eigenvalue weighted by atomic mass is 16.5. The van der Waals surface area contributed by atoms with E-state index in [1.807, 2.05) is 0 Å². The minimum atomic E-state index is -1.24. The first kappa shape index (κ1) is 12.4. The van der Waals surface area contributed by atoms with Crippen molar-refractivity contribution < 1.29 is 24.9 Å². The van der Waals surface area contributed by atoms with Gasteiger partial charge in [-0.15, -0.1) is 0 Å². The molecule has 0 bridgehead atoms. The van der Waals surface area contributed by atoms with Crippen LogP contribution in [0.25, 0.3) is 0 Å². The first-order valence-corrected chi connectivity index (χ1v) is 4.87. The van der Waals surface area contributed by atoms with Gasteiger partial charge >= 0.3 is 0 Å². The molecule has 1 fully saturated rings. The molecule has 0 aromatic carbocycles. The standard InChI is InChI=1S/C9H17NO5/c1-4-7(12)9(14)8(13)6(15-4)3-10-5(2)11/h4,6-9,12-14H,3H2,1-2H3,(H,10,11)/t4-,6?,7-,8-,9?/m1/s1. The van der Waals surface area contributed by atoms with E-state index in [-0.39, 0.29) is 12.5 Å². The Labute approximate surface area is 87.9 Å². The van der Waals surface area contributed by atoms with Crippen molar-refractivity contribution in [2.24, 2.45) is 0 Å². The molecule has 0 spiro atoms. The summed E-state index contributed by atoms with van der Waals surface area (Å²) in [6.45, 7) is 3.06. The molecule has 6 nitrogen and oxygen atoms in total. The minimum Gasteiger partial charge on any atom is -0.388 e. The summed E-state index contributed by atoms with van der Waals surface area (Å²) in [5.41, 5.74) is 0. The van der Waals surface area contributed by atoms with Crippen molar-refractivity contribution in [3.63, 3.8) is 0 Å². The predicted molar refractivity (Wildman–Crippen MR) is 51.0 cm³/mol. The molecule has 1 heterocycles. The number of aliphatic hydroxyl groups excluding tert-OH is 3. The highest BCUT2D eigenvalue weighted by Gasteiger charge is 2.41. The molecule has 2 unspecified atom stereocenters. The van der Waals surface area contributed by atoms with Gasteiger partial charge in [-0.3, -0.25) is 4.79 Å². The topological polar surface area (TPSA) is 99.0 Å². The van der Waals surface area contributed by atoms with Gasteiger partial charge in [-0.1, -0.05) is 0 Å². The molecular weight excluding hydrogens is 202 g/mol. The molecule has 15 heavy (non-hydrogen) atoms. The van der Waals surface area contributed by atoms with Gasteiger partial charge in [0.2, 0.25) is 5.91 Å². The van der Waals surface area contributed by atoms with E-state index in [0.29, 0.717) is 0 Å². The first-order valence-electron chi connectivity index (χ1n) is 4.87. The Morgan fingerprint density at radius 1 is 1.27 bits per heavy atom. The number of hydrogen-bond acceptors (Lipinski definition) is 5. The number of carbonyl (C=O) groups is 1. The van der Waals surface area contributed by atoms with Crippen LogP contribution in [0, 0.1) is 0 Å². The number of rotatable bonds is 2. The Hall–Kier alpha value is -0.690. The normalized spacial score (nSPS) is 41.3. The van der Waals surface area contributed by atoms with Crippen molar-refractivity contribution in [1.82, 2.24) is 5.32 Å². The van der Waals surface area contributed by atoms with Crippen molar-refractivity contribution in [3.05, 3.63) is 0 Å². The summed E-state index contributed by atoms with van der Waals surface area (Å²) in [7, 11) is 0. The van der Waals surface area contributed by atoms with Crippen molar-refractivity contribution in [1.29, 1.82) is 0 Å². The molecule has 1 aliphatic heterocycles. The van der Waals surface area contributed by atoms with Gasteiger partial charge in [-0.25, -0.2) is 0 Å². The highest BCUT2D eigenvalue weighted by Crippen LogP contribution is 2.20. The van der Waals surface area contributed by atoms with Gasteiger partial charge in [-0.2, -0.15) is 0 Å². The van der Waals surface area contributed by atoms with Crippen LogP contribution in [0.2, 0.25) is 0 Å². The van der Waals surface area contributed by atoms with E-state index in [1.165, 1.54) is 6.92 Å². The van der Waals surface area contributed by atoms with Crippen LogP contribution in [0.15, 0.2) is 0 Å². The van der Waals surface area contributed by atoms with Crippen LogP contribution in [0.1, 0.15) is 13.8 Å². The lowest BCUT2D eigenvalue weighted by Gasteiger charge is -2.39. The summed E-state index contributed by atoms with van der Waals surface area (Å²) in [5.74, 6) is -0.237. The molecule has 1 amide bonds. The summed E-state index contributed by atoms with van der Waals surface area (Å²) < 4.78 is 5.26.